The Morgan fingerprint density at radius 3 is 2.57 bits per heavy atom. The predicted molar refractivity (Wildman–Crippen MR) is 109 cm³/mol. The molecule has 6 nitrogen and oxygen atoms in total. The van der Waals surface area contributed by atoms with Crippen LogP contribution in [0.2, 0.25) is 5.02 Å². The van der Waals surface area contributed by atoms with Crippen molar-refractivity contribution in [3.63, 3.8) is 0 Å². The molecule has 1 saturated carbocycles. The second-order valence-electron chi connectivity index (χ2n) is 7.54. The summed E-state index contributed by atoms with van der Waals surface area (Å²) in [7, 11) is 0. The van der Waals surface area contributed by atoms with Crippen molar-refractivity contribution in [3.05, 3.63) is 53.2 Å². The van der Waals surface area contributed by atoms with Crippen molar-refractivity contribution in [2.24, 2.45) is 5.92 Å². The van der Waals surface area contributed by atoms with Gasteiger partial charge in [-0.15, -0.1) is 0 Å². The quantitative estimate of drug-likeness (QED) is 0.824. The van der Waals surface area contributed by atoms with Gasteiger partial charge in [-0.25, -0.2) is 4.98 Å². The van der Waals surface area contributed by atoms with Gasteiger partial charge in [0, 0.05) is 16.6 Å². The molecule has 146 valence electrons. The van der Waals surface area contributed by atoms with Crippen molar-refractivity contribution < 1.29 is 9.59 Å². The molecule has 0 spiro atoms. The number of hydrogen-bond donors (Lipinski definition) is 2. The molecule has 1 aliphatic heterocycles. The molecule has 4 rings (SSSR count). The van der Waals surface area contributed by atoms with Crippen LogP contribution in [0, 0.1) is 5.92 Å². The Hall–Kier alpha value is -2.60. The third kappa shape index (κ3) is 3.69. The Morgan fingerprint density at radius 1 is 1.11 bits per heavy atom. The number of pyridine rings is 1. The molecule has 0 radical (unpaired) electrons. The molecule has 2 heterocycles. The average Bonchev–Trinajstić information content (AvgIpc) is 3.09. The summed E-state index contributed by atoms with van der Waals surface area (Å²) in [6, 6.07) is 9.83. The first-order valence-corrected chi connectivity index (χ1v) is 10.0. The maximum atomic E-state index is 13.3. The van der Waals surface area contributed by atoms with Gasteiger partial charge in [-0.3, -0.25) is 9.59 Å². The van der Waals surface area contributed by atoms with E-state index in [9.17, 15) is 9.59 Å². The number of rotatable bonds is 3. The smallest absolute Gasteiger partial charge is 0.254 e. The molecule has 2 aliphatic rings. The van der Waals surface area contributed by atoms with Crippen LogP contribution in [0.1, 0.15) is 42.5 Å². The van der Waals surface area contributed by atoms with Crippen LogP contribution in [0.15, 0.2) is 42.6 Å². The zero-order chi connectivity index (χ0) is 19.7. The first kappa shape index (κ1) is 18.7. The fraction of sp³-hybridized carbons (Fsp3) is 0.381. The fourth-order valence-corrected chi connectivity index (χ4v) is 4.56. The van der Waals surface area contributed by atoms with Crippen molar-refractivity contribution >= 4 is 34.9 Å². The molecule has 1 saturated heterocycles. The number of amides is 2. The molecule has 0 bridgehead atoms. The summed E-state index contributed by atoms with van der Waals surface area (Å²) in [5, 5.41) is 3.48. The van der Waals surface area contributed by atoms with Crippen LogP contribution in [0.5, 0.6) is 0 Å². The Morgan fingerprint density at radius 2 is 1.86 bits per heavy atom. The minimum atomic E-state index is -0.492. The second-order valence-corrected chi connectivity index (χ2v) is 7.98. The SMILES string of the molecule is Nc1ccc(NC(=O)C2CC3CCCCC3N2C(=O)c2ccc(Cl)cc2)cn1. The molecular formula is C21H23ClN4O2. The zero-order valence-corrected chi connectivity index (χ0v) is 16.2. The molecule has 28 heavy (non-hydrogen) atoms. The third-order valence-electron chi connectivity index (χ3n) is 5.77. The number of benzene rings is 1. The number of aromatic nitrogens is 1. The van der Waals surface area contributed by atoms with Gasteiger partial charge in [0.1, 0.15) is 11.9 Å². The molecule has 2 amide bonds. The van der Waals surface area contributed by atoms with Gasteiger partial charge in [-0.1, -0.05) is 24.4 Å². The number of halogens is 1. The van der Waals surface area contributed by atoms with Gasteiger partial charge in [-0.05, 0) is 61.6 Å². The van der Waals surface area contributed by atoms with E-state index >= 15 is 0 Å². The lowest BCUT2D eigenvalue weighted by molar-refractivity contribution is -0.120. The van der Waals surface area contributed by atoms with Gasteiger partial charge < -0.3 is 16.0 Å². The number of carbonyl (C=O) groups excluding carboxylic acids is 2. The van der Waals surface area contributed by atoms with Crippen LogP contribution in [0.4, 0.5) is 11.5 Å². The highest BCUT2D eigenvalue weighted by Crippen LogP contribution is 2.41. The molecular weight excluding hydrogens is 376 g/mol. The predicted octanol–water partition coefficient (Wildman–Crippen LogP) is 3.73. The summed E-state index contributed by atoms with van der Waals surface area (Å²) < 4.78 is 0. The topological polar surface area (TPSA) is 88.3 Å². The van der Waals surface area contributed by atoms with E-state index in [1.165, 1.54) is 6.20 Å². The molecule has 7 heteroatoms. The summed E-state index contributed by atoms with van der Waals surface area (Å²) >= 11 is 5.96. The number of fused-ring (bicyclic) bond motifs is 1. The van der Waals surface area contributed by atoms with Gasteiger partial charge in [0.2, 0.25) is 5.91 Å². The van der Waals surface area contributed by atoms with Crippen molar-refractivity contribution in [2.45, 2.75) is 44.2 Å². The highest BCUT2D eigenvalue weighted by atomic mass is 35.5. The van der Waals surface area contributed by atoms with E-state index in [1.54, 1.807) is 41.3 Å². The molecule has 3 N–H and O–H groups in total. The van der Waals surface area contributed by atoms with Gasteiger partial charge in [-0.2, -0.15) is 0 Å². The van der Waals surface area contributed by atoms with E-state index in [-0.39, 0.29) is 17.9 Å². The molecule has 2 fully saturated rings. The van der Waals surface area contributed by atoms with E-state index in [4.69, 9.17) is 17.3 Å². The summed E-state index contributed by atoms with van der Waals surface area (Å²) in [5.74, 6) is 0.472. The van der Waals surface area contributed by atoms with Gasteiger partial charge in [0.05, 0.1) is 11.9 Å². The molecule has 2 aromatic rings. The number of nitrogen functional groups attached to an aromatic ring is 1. The first-order chi connectivity index (χ1) is 13.5. The van der Waals surface area contributed by atoms with Crippen molar-refractivity contribution in [1.29, 1.82) is 0 Å². The van der Waals surface area contributed by atoms with Crippen LogP contribution in [0.3, 0.4) is 0 Å². The number of hydrogen-bond acceptors (Lipinski definition) is 4. The lowest BCUT2D eigenvalue weighted by Crippen LogP contribution is -2.47. The fourth-order valence-electron chi connectivity index (χ4n) is 4.43. The Bertz CT molecular complexity index is 869. The van der Waals surface area contributed by atoms with Crippen molar-refractivity contribution in [1.82, 2.24) is 9.88 Å². The number of nitrogens with one attached hydrogen (secondary N) is 1. The van der Waals surface area contributed by atoms with E-state index in [0.717, 1.165) is 25.7 Å². The highest BCUT2D eigenvalue weighted by molar-refractivity contribution is 6.30. The zero-order valence-electron chi connectivity index (χ0n) is 15.5. The summed E-state index contributed by atoms with van der Waals surface area (Å²) in [4.78, 5) is 32.2. The first-order valence-electron chi connectivity index (χ1n) is 9.63. The van der Waals surface area contributed by atoms with E-state index in [2.05, 4.69) is 10.3 Å². The summed E-state index contributed by atoms with van der Waals surface area (Å²) in [6.45, 7) is 0. The van der Waals surface area contributed by atoms with Gasteiger partial charge >= 0.3 is 0 Å². The van der Waals surface area contributed by atoms with Crippen LogP contribution >= 0.6 is 11.6 Å². The molecule has 1 aliphatic carbocycles. The number of nitrogens with zero attached hydrogens (tertiary/aromatic N) is 2. The minimum Gasteiger partial charge on any atom is -0.384 e. The Labute approximate surface area is 169 Å². The summed E-state index contributed by atoms with van der Waals surface area (Å²) in [5.41, 5.74) is 6.74. The number of anilines is 2. The minimum absolute atomic E-state index is 0.109. The van der Waals surface area contributed by atoms with Crippen LogP contribution < -0.4 is 11.1 Å². The van der Waals surface area contributed by atoms with Gasteiger partial charge in [0.25, 0.3) is 5.91 Å². The van der Waals surface area contributed by atoms with Gasteiger partial charge in [0.15, 0.2) is 0 Å². The number of nitrogens with two attached hydrogens (primary N) is 1. The monoisotopic (exact) mass is 398 g/mol. The second kappa shape index (κ2) is 7.80. The van der Waals surface area contributed by atoms with Crippen LogP contribution in [-0.4, -0.2) is 33.8 Å². The average molecular weight is 399 g/mol. The van der Waals surface area contributed by atoms with E-state index in [0.29, 0.717) is 34.4 Å². The molecule has 1 aromatic heterocycles. The number of likely N-dealkylation sites (tertiary alicyclic amines) is 1. The molecule has 3 unspecified atom stereocenters. The van der Waals surface area contributed by atoms with Crippen molar-refractivity contribution in [3.8, 4) is 0 Å². The Kier molecular flexibility index (Phi) is 5.22. The number of carbonyl (C=O) groups is 2. The van der Waals surface area contributed by atoms with Crippen molar-refractivity contribution in [2.75, 3.05) is 11.1 Å². The Balaban J connectivity index is 1.59. The maximum Gasteiger partial charge on any atom is 0.254 e. The molecule has 3 atom stereocenters. The van der Waals surface area contributed by atoms with Crippen LogP contribution in [-0.2, 0) is 4.79 Å². The summed E-state index contributed by atoms with van der Waals surface area (Å²) in [6.07, 6.45) is 6.46. The highest BCUT2D eigenvalue weighted by Gasteiger charge is 2.47. The largest absolute Gasteiger partial charge is 0.384 e. The standard InChI is InChI=1S/C21H23ClN4O2/c22-15-7-5-13(6-8-15)21(28)26-17-4-2-1-3-14(17)11-18(26)20(27)25-16-9-10-19(23)24-12-16/h5-10,12,14,17-18H,1-4,11H2,(H2,23,24)(H,25,27). The van der Waals surface area contributed by atoms with Crippen LogP contribution in [0.25, 0.3) is 0 Å². The third-order valence-corrected chi connectivity index (χ3v) is 6.02. The maximum absolute atomic E-state index is 13.3. The van der Waals surface area contributed by atoms with E-state index in [1.807, 2.05) is 0 Å². The van der Waals surface area contributed by atoms with E-state index < -0.39 is 6.04 Å². The lowest BCUT2D eigenvalue weighted by Gasteiger charge is -2.33. The molecule has 1 aromatic carbocycles. The normalized spacial score (nSPS) is 23.9. The lowest BCUT2D eigenvalue weighted by atomic mass is 9.84.